The Morgan fingerprint density at radius 1 is 1.31 bits per heavy atom. The number of anilines is 1. The van der Waals surface area contributed by atoms with Gasteiger partial charge in [0.1, 0.15) is 0 Å². The molecule has 0 atom stereocenters. The summed E-state index contributed by atoms with van der Waals surface area (Å²) in [6, 6.07) is 6.59. The third kappa shape index (κ3) is 2.72. The number of nitrogens with zero attached hydrogens (tertiary/aromatic N) is 1. The minimum Gasteiger partial charge on any atom is -0.385 e. The third-order valence-electron chi connectivity index (χ3n) is 3.18. The van der Waals surface area contributed by atoms with Crippen molar-refractivity contribution in [1.82, 2.24) is 0 Å². The molecule has 86 valence electrons. The van der Waals surface area contributed by atoms with E-state index in [2.05, 4.69) is 5.32 Å². The standard InChI is InChI=1S/C12H16N2O2/c15-14(16)12-6-4-11(5-7-12)13-9-8-10-2-1-3-10/h4-7,10,13H,1-3,8-9H2. The van der Waals surface area contributed by atoms with Crippen LogP contribution in [-0.2, 0) is 0 Å². The summed E-state index contributed by atoms with van der Waals surface area (Å²) in [6.45, 7) is 0.961. The molecule has 0 bridgehead atoms. The third-order valence-corrected chi connectivity index (χ3v) is 3.18. The first-order valence-electron chi connectivity index (χ1n) is 5.74. The highest BCUT2D eigenvalue weighted by Gasteiger charge is 2.16. The van der Waals surface area contributed by atoms with E-state index in [1.807, 2.05) is 0 Å². The molecule has 0 unspecified atom stereocenters. The van der Waals surface area contributed by atoms with Crippen molar-refractivity contribution in [2.75, 3.05) is 11.9 Å². The Hall–Kier alpha value is -1.58. The Kier molecular flexibility index (Phi) is 3.39. The Morgan fingerprint density at radius 3 is 2.50 bits per heavy atom. The van der Waals surface area contributed by atoms with Crippen molar-refractivity contribution in [3.8, 4) is 0 Å². The molecule has 1 N–H and O–H groups in total. The quantitative estimate of drug-likeness (QED) is 0.612. The molecule has 1 aliphatic rings. The lowest BCUT2D eigenvalue weighted by Gasteiger charge is -2.25. The highest BCUT2D eigenvalue weighted by molar-refractivity contribution is 5.48. The predicted molar refractivity (Wildman–Crippen MR) is 63.5 cm³/mol. The van der Waals surface area contributed by atoms with Crippen LogP contribution in [0.3, 0.4) is 0 Å². The minimum atomic E-state index is -0.377. The molecule has 16 heavy (non-hydrogen) atoms. The topological polar surface area (TPSA) is 55.2 Å². The smallest absolute Gasteiger partial charge is 0.269 e. The first kappa shape index (κ1) is 10.9. The van der Waals surface area contributed by atoms with Crippen molar-refractivity contribution in [3.05, 3.63) is 34.4 Å². The summed E-state index contributed by atoms with van der Waals surface area (Å²) in [5.74, 6) is 0.894. The summed E-state index contributed by atoms with van der Waals surface area (Å²) in [6.07, 6.45) is 5.31. The van der Waals surface area contributed by atoms with E-state index in [0.717, 1.165) is 18.2 Å². The van der Waals surface area contributed by atoms with Crippen molar-refractivity contribution in [3.63, 3.8) is 0 Å². The van der Waals surface area contributed by atoms with Crippen molar-refractivity contribution < 1.29 is 4.92 Å². The molecule has 0 aromatic heterocycles. The maximum absolute atomic E-state index is 10.4. The van der Waals surface area contributed by atoms with Crippen LogP contribution in [0, 0.1) is 16.0 Å². The molecule has 1 aliphatic carbocycles. The van der Waals surface area contributed by atoms with Gasteiger partial charge in [-0.1, -0.05) is 19.3 Å². The van der Waals surface area contributed by atoms with Crippen LogP contribution in [0.1, 0.15) is 25.7 Å². The number of nitro groups is 1. The zero-order valence-electron chi connectivity index (χ0n) is 9.19. The average molecular weight is 220 g/mol. The van der Waals surface area contributed by atoms with Crippen LogP contribution in [0.2, 0.25) is 0 Å². The monoisotopic (exact) mass is 220 g/mol. The number of rotatable bonds is 5. The Balaban J connectivity index is 1.78. The lowest BCUT2D eigenvalue weighted by molar-refractivity contribution is -0.384. The minimum absolute atomic E-state index is 0.143. The van der Waals surface area contributed by atoms with Crippen molar-refractivity contribution in [2.24, 2.45) is 5.92 Å². The largest absolute Gasteiger partial charge is 0.385 e. The molecule has 0 heterocycles. The van der Waals surface area contributed by atoms with Crippen LogP contribution < -0.4 is 5.32 Å². The van der Waals surface area contributed by atoms with Gasteiger partial charge in [-0.25, -0.2) is 0 Å². The second-order valence-corrected chi connectivity index (χ2v) is 4.32. The summed E-state index contributed by atoms with van der Waals surface area (Å²) in [7, 11) is 0. The van der Waals surface area contributed by atoms with E-state index in [1.54, 1.807) is 12.1 Å². The fraction of sp³-hybridized carbons (Fsp3) is 0.500. The molecule has 0 saturated heterocycles. The predicted octanol–water partition coefficient (Wildman–Crippen LogP) is 3.20. The normalized spacial score (nSPS) is 15.5. The van der Waals surface area contributed by atoms with Gasteiger partial charge in [-0.15, -0.1) is 0 Å². The summed E-state index contributed by atoms with van der Waals surface area (Å²) >= 11 is 0. The average Bonchev–Trinajstić information content (AvgIpc) is 2.22. The molecule has 1 fully saturated rings. The Morgan fingerprint density at radius 2 is 2.00 bits per heavy atom. The van der Waals surface area contributed by atoms with E-state index >= 15 is 0 Å². The molecule has 4 nitrogen and oxygen atoms in total. The van der Waals surface area contributed by atoms with Crippen molar-refractivity contribution in [1.29, 1.82) is 0 Å². The highest BCUT2D eigenvalue weighted by atomic mass is 16.6. The van der Waals surface area contributed by atoms with Crippen LogP contribution in [0.15, 0.2) is 24.3 Å². The summed E-state index contributed by atoms with van der Waals surface area (Å²) in [4.78, 5) is 10.1. The van der Waals surface area contributed by atoms with Gasteiger partial charge < -0.3 is 5.32 Å². The zero-order valence-corrected chi connectivity index (χ0v) is 9.19. The van der Waals surface area contributed by atoms with Crippen LogP contribution in [-0.4, -0.2) is 11.5 Å². The zero-order chi connectivity index (χ0) is 11.4. The van der Waals surface area contributed by atoms with E-state index in [9.17, 15) is 10.1 Å². The molecule has 4 heteroatoms. The van der Waals surface area contributed by atoms with E-state index in [-0.39, 0.29) is 10.6 Å². The number of benzene rings is 1. The molecule has 1 saturated carbocycles. The van der Waals surface area contributed by atoms with E-state index in [4.69, 9.17) is 0 Å². The first-order chi connectivity index (χ1) is 7.75. The number of nitrogens with one attached hydrogen (secondary N) is 1. The molecule has 0 radical (unpaired) electrons. The van der Waals surface area contributed by atoms with Gasteiger partial charge in [-0.05, 0) is 24.5 Å². The van der Waals surface area contributed by atoms with Gasteiger partial charge in [0, 0.05) is 24.4 Å². The second kappa shape index (κ2) is 4.96. The van der Waals surface area contributed by atoms with E-state index < -0.39 is 0 Å². The molecule has 1 aromatic carbocycles. The van der Waals surface area contributed by atoms with E-state index in [0.29, 0.717) is 0 Å². The van der Waals surface area contributed by atoms with Crippen LogP contribution in [0.5, 0.6) is 0 Å². The fourth-order valence-electron chi connectivity index (χ4n) is 1.90. The number of hydrogen-bond donors (Lipinski definition) is 1. The molecular weight excluding hydrogens is 204 g/mol. The second-order valence-electron chi connectivity index (χ2n) is 4.32. The fourth-order valence-corrected chi connectivity index (χ4v) is 1.90. The lowest BCUT2D eigenvalue weighted by atomic mass is 9.83. The van der Waals surface area contributed by atoms with Gasteiger partial charge in [0.05, 0.1) is 4.92 Å². The number of hydrogen-bond acceptors (Lipinski definition) is 3. The maximum Gasteiger partial charge on any atom is 0.269 e. The van der Waals surface area contributed by atoms with Crippen LogP contribution >= 0.6 is 0 Å². The van der Waals surface area contributed by atoms with Crippen LogP contribution in [0.25, 0.3) is 0 Å². The SMILES string of the molecule is O=[N+]([O-])c1ccc(NCCC2CCC2)cc1. The molecule has 1 aromatic rings. The molecular formula is C12H16N2O2. The van der Waals surface area contributed by atoms with Gasteiger partial charge in [0.25, 0.3) is 5.69 Å². The van der Waals surface area contributed by atoms with Crippen LogP contribution in [0.4, 0.5) is 11.4 Å². The van der Waals surface area contributed by atoms with E-state index in [1.165, 1.54) is 37.8 Å². The summed E-state index contributed by atoms with van der Waals surface area (Å²) in [5.41, 5.74) is 1.11. The van der Waals surface area contributed by atoms with Gasteiger partial charge in [-0.3, -0.25) is 10.1 Å². The highest BCUT2D eigenvalue weighted by Crippen LogP contribution is 2.29. The molecule has 0 amide bonds. The van der Waals surface area contributed by atoms with Gasteiger partial charge in [0.15, 0.2) is 0 Å². The van der Waals surface area contributed by atoms with Gasteiger partial charge in [-0.2, -0.15) is 0 Å². The van der Waals surface area contributed by atoms with Crippen molar-refractivity contribution in [2.45, 2.75) is 25.7 Å². The summed E-state index contributed by atoms with van der Waals surface area (Å²) in [5, 5.41) is 13.7. The Labute approximate surface area is 94.8 Å². The lowest BCUT2D eigenvalue weighted by Crippen LogP contribution is -2.15. The summed E-state index contributed by atoms with van der Waals surface area (Å²) < 4.78 is 0. The first-order valence-corrected chi connectivity index (χ1v) is 5.74. The molecule has 0 spiro atoms. The number of non-ortho nitro benzene ring substituents is 1. The van der Waals surface area contributed by atoms with Gasteiger partial charge in [0.2, 0.25) is 0 Å². The van der Waals surface area contributed by atoms with Crippen molar-refractivity contribution >= 4 is 11.4 Å². The Bertz CT molecular complexity index is 358. The molecule has 2 rings (SSSR count). The number of nitro benzene ring substituents is 1. The molecule has 0 aliphatic heterocycles. The van der Waals surface area contributed by atoms with Gasteiger partial charge >= 0.3 is 0 Å². The maximum atomic E-state index is 10.4.